The van der Waals surface area contributed by atoms with Crippen LogP contribution in [0, 0.1) is 18.3 Å². The van der Waals surface area contributed by atoms with E-state index in [2.05, 4.69) is 38.2 Å². The van der Waals surface area contributed by atoms with Crippen LogP contribution in [0.25, 0.3) is 0 Å². The summed E-state index contributed by atoms with van der Waals surface area (Å²) in [6.45, 7) is 13.3. The molecule has 0 aliphatic carbocycles. The Labute approximate surface area is 198 Å². The van der Waals surface area contributed by atoms with Crippen molar-refractivity contribution >= 4 is 17.1 Å². The van der Waals surface area contributed by atoms with E-state index in [4.69, 9.17) is 5.73 Å². The van der Waals surface area contributed by atoms with Gasteiger partial charge in [0.05, 0.1) is 6.61 Å². The van der Waals surface area contributed by atoms with Gasteiger partial charge in [0.15, 0.2) is 0 Å². The molecular weight excluding hydrogens is 416 g/mol. The van der Waals surface area contributed by atoms with Crippen LogP contribution in [-0.4, -0.2) is 17.4 Å². The number of ketones is 1. The molecule has 1 aromatic heterocycles. The second kappa shape index (κ2) is 14.1. The summed E-state index contributed by atoms with van der Waals surface area (Å²) in [6, 6.07) is 12.3. The lowest BCUT2D eigenvalue weighted by Crippen LogP contribution is -2.33. The van der Waals surface area contributed by atoms with Gasteiger partial charge in [-0.05, 0) is 56.7 Å². The van der Waals surface area contributed by atoms with Crippen molar-refractivity contribution in [2.24, 2.45) is 17.1 Å². The van der Waals surface area contributed by atoms with Gasteiger partial charge in [0.2, 0.25) is 0 Å². The van der Waals surface area contributed by atoms with E-state index in [1.165, 1.54) is 10.4 Å². The Bertz CT molecular complexity index is 841. The zero-order chi connectivity index (χ0) is 24.1. The standard InChI is InChI=1S/C21H28O2S.C6H14N2/c1-5-17(11-16-9-7-6-8-10-16)20(23)21(3,4)13-19-12-18(14-22)15(2)24-19;1-3-6(7)5-8-4-2/h6-10,12,17,22H,5,11,13-14H2,1-4H3;5,8H,3-4,7H2,1-2H3/b;6-5-. The van der Waals surface area contributed by atoms with Crippen molar-refractivity contribution < 1.29 is 9.90 Å². The van der Waals surface area contributed by atoms with Crippen LogP contribution in [0.15, 0.2) is 48.3 Å². The molecule has 0 bridgehead atoms. The van der Waals surface area contributed by atoms with E-state index >= 15 is 0 Å². The minimum absolute atomic E-state index is 0.0563. The van der Waals surface area contributed by atoms with E-state index in [0.717, 1.165) is 48.4 Å². The van der Waals surface area contributed by atoms with Gasteiger partial charge in [-0.3, -0.25) is 4.79 Å². The fourth-order valence-electron chi connectivity index (χ4n) is 3.56. The molecule has 0 saturated heterocycles. The maximum absolute atomic E-state index is 13.1. The van der Waals surface area contributed by atoms with Crippen LogP contribution in [0.2, 0.25) is 0 Å². The van der Waals surface area contributed by atoms with Crippen molar-refractivity contribution in [3.63, 3.8) is 0 Å². The maximum atomic E-state index is 13.1. The third-order valence-corrected chi connectivity index (χ3v) is 6.71. The van der Waals surface area contributed by atoms with Gasteiger partial charge in [0.1, 0.15) is 5.78 Å². The van der Waals surface area contributed by atoms with Crippen molar-refractivity contribution in [3.05, 3.63) is 69.2 Å². The Kier molecular flexibility index (Phi) is 12.3. The van der Waals surface area contributed by atoms with Gasteiger partial charge in [-0.15, -0.1) is 11.3 Å². The predicted molar refractivity (Wildman–Crippen MR) is 138 cm³/mol. The van der Waals surface area contributed by atoms with E-state index in [1.807, 2.05) is 51.2 Å². The van der Waals surface area contributed by atoms with Crippen LogP contribution in [0.1, 0.15) is 68.3 Å². The van der Waals surface area contributed by atoms with Gasteiger partial charge in [-0.2, -0.15) is 0 Å². The summed E-state index contributed by atoms with van der Waals surface area (Å²) in [6.07, 6.45) is 5.18. The highest BCUT2D eigenvalue weighted by Crippen LogP contribution is 2.33. The van der Waals surface area contributed by atoms with Crippen molar-refractivity contribution in [1.29, 1.82) is 0 Å². The lowest BCUT2D eigenvalue weighted by Gasteiger charge is -2.27. The smallest absolute Gasteiger partial charge is 0.142 e. The number of aryl methyl sites for hydroxylation is 1. The zero-order valence-corrected chi connectivity index (χ0v) is 21.5. The topological polar surface area (TPSA) is 75.3 Å². The first-order valence-electron chi connectivity index (χ1n) is 11.6. The molecule has 0 saturated carbocycles. The summed E-state index contributed by atoms with van der Waals surface area (Å²) in [5.41, 5.74) is 8.18. The maximum Gasteiger partial charge on any atom is 0.142 e. The number of aliphatic hydroxyl groups excluding tert-OH is 1. The zero-order valence-electron chi connectivity index (χ0n) is 20.7. The molecular formula is C27H42N2O2S. The molecule has 0 spiro atoms. The number of Topliss-reactive ketones (excluding diaryl/α,β-unsaturated/α-hetero) is 1. The molecule has 5 heteroatoms. The van der Waals surface area contributed by atoms with E-state index in [1.54, 1.807) is 11.3 Å². The first kappa shape index (κ1) is 27.9. The van der Waals surface area contributed by atoms with Crippen LogP contribution in [-0.2, 0) is 24.2 Å². The summed E-state index contributed by atoms with van der Waals surface area (Å²) < 4.78 is 0. The number of benzene rings is 1. The van der Waals surface area contributed by atoms with Crippen LogP contribution in [0.3, 0.4) is 0 Å². The second-order valence-electron chi connectivity index (χ2n) is 8.80. The van der Waals surface area contributed by atoms with E-state index in [0.29, 0.717) is 5.78 Å². The van der Waals surface area contributed by atoms with Crippen molar-refractivity contribution in [2.45, 2.75) is 73.8 Å². The third-order valence-electron chi connectivity index (χ3n) is 5.61. The number of rotatable bonds is 11. The molecule has 1 heterocycles. The number of carbonyl (C=O) groups is 1. The molecule has 1 aromatic carbocycles. The number of allylic oxidation sites excluding steroid dienone is 1. The largest absolute Gasteiger partial charge is 0.401 e. The molecule has 1 atom stereocenters. The highest BCUT2D eigenvalue weighted by Gasteiger charge is 2.33. The van der Waals surface area contributed by atoms with Gasteiger partial charge >= 0.3 is 0 Å². The minimum atomic E-state index is -0.389. The summed E-state index contributed by atoms with van der Waals surface area (Å²) in [4.78, 5) is 15.5. The van der Waals surface area contributed by atoms with E-state index < -0.39 is 0 Å². The molecule has 0 aliphatic heterocycles. The minimum Gasteiger partial charge on any atom is -0.401 e. The summed E-state index contributed by atoms with van der Waals surface area (Å²) in [5.74, 6) is 0.395. The number of nitrogens with one attached hydrogen (secondary N) is 1. The number of thiophene rings is 1. The molecule has 0 fully saturated rings. The lowest BCUT2D eigenvalue weighted by atomic mass is 9.75. The van der Waals surface area contributed by atoms with Gasteiger partial charge in [0.25, 0.3) is 0 Å². The Morgan fingerprint density at radius 1 is 1.22 bits per heavy atom. The van der Waals surface area contributed by atoms with Gasteiger partial charge in [-0.1, -0.05) is 58.0 Å². The molecule has 2 aromatic rings. The molecule has 4 nitrogen and oxygen atoms in total. The third kappa shape index (κ3) is 9.17. The van der Waals surface area contributed by atoms with Crippen LogP contribution in [0.4, 0.5) is 0 Å². The Morgan fingerprint density at radius 3 is 2.38 bits per heavy atom. The molecule has 0 radical (unpaired) electrons. The molecule has 178 valence electrons. The van der Waals surface area contributed by atoms with E-state index in [-0.39, 0.29) is 17.9 Å². The number of aliphatic hydroxyl groups is 1. The molecule has 1 unspecified atom stereocenters. The first-order valence-corrected chi connectivity index (χ1v) is 12.4. The summed E-state index contributed by atoms with van der Waals surface area (Å²) >= 11 is 1.69. The Balaban J connectivity index is 0.000000547. The number of hydrogen-bond acceptors (Lipinski definition) is 5. The van der Waals surface area contributed by atoms with Gasteiger partial charge in [-0.25, -0.2) is 0 Å². The first-order chi connectivity index (χ1) is 15.2. The average Bonchev–Trinajstić information content (AvgIpc) is 3.14. The van der Waals surface area contributed by atoms with Crippen molar-refractivity contribution in [3.8, 4) is 0 Å². The van der Waals surface area contributed by atoms with Crippen LogP contribution < -0.4 is 11.1 Å². The molecule has 0 aliphatic rings. The highest BCUT2D eigenvalue weighted by molar-refractivity contribution is 7.12. The predicted octanol–water partition coefficient (Wildman–Crippen LogP) is 5.76. The van der Waals surface area contributed by atoms with Gasteiger partial charge in [0, 0.05) is 39.5 Å². The average molecular weight is 459 g/mol. The SMILES string of the molecule is CCC(Cc1ccccc1)C(=O)C(C)(C)Cc1cc(CO)c(C)s1.CCN/C=C(\N)CC. The molecule has 0 amide bonds. The van der Waals surface area contributed by atoms with E-state index in [9.17, 15) is 9.90 Å². The fourth-order valence-corrected chi connectivity index (χ4v) is 4.85. The quantitative estimate of drug-likeness (QED) is 0.400. The Hall–Kier alpha value is -2.11. The molecule has 2 rings (SSSR count). The van der Waals surface area contributed by atoms with Gasteiger partial charge < -0.3 is 16.2 Å². The normalized spacial score (nSPS) is 12.7. The number of carbonyl (C=O) groups excluding carboxylic acids is 1. The number of hydrogen-bond donors (Lipinski definition) is 3. The molecule has 32 heavy (non-hydrogen) atoms. The van der Waals surface area contributed by atoms with Crippen LogP contribution in [0.5, 0.6) is 0 Å². The monoisotopic (exact) mass is 458 g/mol. The Morgan fingerprint density at radius 2 is 1.88 bits per heavy atom. The second-order valence-corrected chi connectivity index (χ2v) is 10.1. The summed E-state index contributed by atoms with van der Waals surface area (Å²) in [7, 11) is 0. The summed E-state index contributed by atoms with van der Waals surface area (Å²) in [5, 5.41) is 12.4. The fraction of sp³-hybridized carbons (Fsp3) is 0.519. The van der Waals surface area contributed by atoms with Crippen molar-refractivity contribution in [2.75, 3.05) is 6.54 Å². The highest BCUT2D eigenvalue weighted by atomic mass is 32.1. The van der Waals surface area contributed by atoms with Crippen LogP contribution >= 0.6 is 11.3 Å². The number of nitrogens with two attached hydrogens (primary N) is 1. The van der Waals surface area contributed by atoms with Crippen molar-refractivity contribution in [1.82, 2.24) is 5.32 Å². The molecule has 4 N–H and O–H groups in total. The lowest BCUT2D eigenvalue weighted by molar-refractivity contribution is -0.131.